The number of amides is 1. The molecule has 2 aromatic carbocycles. The quantitative estimate of drug-likeness (QED) is 0.376. The van der Waals surface area contributed by atoms with Gasteiger partial charge in [-0.25, -0.2) is 0 Å². The number of anilines is 2. The fourth-order valence-corrected chi connectivity index (χ4v) is 4.46. The number of benzene rings is 2. The van der Waals surface area contributed by atoms with Crippen molar-refractivity contribution in [2.75, 3.05) is 23.3 Å². The zero-order chi connectivity index (χ0) is 21.4. The van der Waals surface area contributed by atoms with Crippen LogP contribution in [0.2, 0.25) is 0 Å². The fraction of sp³-hybridized carbons (Fsp3) is 0.200. The molecule has 0 aliphatic carbocycles. The molecule has 0 unspecified atom stereocenters. The van der Waals surface area contributed by atoms with Crippen LogP contribution in [0.5, 0.6) is 0 Å². The Hall–Kier alpha value is -3.86. The molecule has 1 amide bonds. The van der Waals surface area contributed by atoms with Gasteiger partial charge in [0, 0.05) is 36.0 Å². The summed E-state index contributed by atoms with van der Waals surface area (Å²) in [7, 11) is 0. The maximum absolute atomic E-state index is 12.8. The van der Waals surface area contributed by atoms with Crippen LogP contribution in [0.3, 0.4) is 0 Å². The Kier molecular flexibility index (Phi) is 4.79. The van der Waals surface area contributed by atoms with Crippen LogP contribution in [0.25, 0.3) is 15.5 Å². The van der Waals surface area contributed by atoms with Gasteiger partial charge in [0.25, 0.3) is 11.6 Å². The highest BCUT2D eigenvalue weighted by Crippen LogP contribution is 2.32. The Bertz CT molecular complexity index is 1260. The third-order valence-corrected chi connectivity index (χ3v) is 6.10. The first-order valence-corrected chi connectivity index (χ1v) is 10.5. The lowest BCUT2D eigenvalue weighted by Gasteiger charge is -2.17. The molecule has 3 heterocycles. The highest BCUT2D eigenvalue weighted by Gasteiger charge is 2.24. The van der Waals surface area contributed by atoms with Gasteiger partial charge in [-0.15, -0.1) is 10.2 Å². The van der Waals surface area contributed by atoms with Gasteiger partial charge in [-0.2, -0.15) is 9.61 Å². The minimum Gasteiger partial charge on any atom is -0.366 e. The number of carbonyl (C=O) groups is 1. The largest absolute Gasteiger partial charge is 0.366 e. The summed E-state index contributed by atoms with van der Waals surface area (Å²) in [5.74, 6) is -0.411. The Morgan fingerprint density at radius 1 is 1.16 bits per heavy atom. The second-order valence-electron chi connectivity index (χ2n) is 7.15. The highest BCUT2D eigenvalue weighted by molar-refractivity contribution is 7.19. The van der Waals surface area contributed by atoms with Crippen molar-refractivity contribution in [1.82, 2.24) is 19.8 Å². The van der Waals surface area contributed by atoms with Gasteiger partial charge >= 0.3 is 0 Å². The SMILES string of the molecule is O=C(Nc1cccc(-c2nn3cnnc3s2)c1)c1ccc(N2CCCC2)c([N+](=O)[O-])c1. The molecule has 31 heavy (non-hydrogen) atoms. The van der Waals surface area contributed by atoms with Crippen LogP contribution in [0.4, 0.5) is 17.1 Å². The second kappa shape index (κ2) is 7.76. The highest BCUT2D eigenvalue weighted by atomic mass is 32.1. The van der Waals surface area contributed by atoms with Gasteiger partial charge in [-0.05, 0) is 37.1 Å². The van der Waals surface area contributed by atoms with E-state index in [-0.39, 0.29) is 11.3 Å². The summed E-state index contributed by atoms with van der Waals surface area (Å²) >= 11 is 1.39. The number of nitrogens with zero attached hydrogens (tertiary/aromatic N) is 6. The van der Waals surface area contributed by atoms with Crippen molar-refractivity contribution in [3.63, 3.8) is 0 Å². The van der Waals surface area contributed by atoms with Crippen LogP contribution in [0.15, 0.2) is 48.8 Å². The third-order valence-electron chi connectivity index (χ3n) is 5.14. The number of rotatable bonds is 5. The third kappa shape index (κ3) is 3.70. The van der Waals surface area contributed by atoms with Crippen molar-refractivity contribution in [1.29, 1.82) is 0 Å². The first-order valence-electron chi connectivity index (χ1n) is 9.70. The van der Waals surface area contributed by atoms with Crippen LogP contribution in [0, 0.1) is 10.1 Å². The van der Waals surface area contributed by atoms with Crippen molar-refractivity contribution in [2.45, 2.75) is 12.8 Å². The fourth-order valence-electron chi connectivity index (χ4n) is 3.65. The molecule has 1 saturated heterocycles. The molecule has 10 nitrogen and oxygen atoms in total. The summed E-state index contributed by atoms with van der Waals surface area (Å²) < 4.78 is 1.59. The van der Waals surface area contributed by atoms with Crippen LogP contribution in [0.1, 0.15) is 23.2 Å². The van der Waals surface area contributed by atoms with Gasteiger partial charge in [0.05, 0.1) is 4.92 Å². The van der Waals surface area contributed by atoms with E-state index in [4.69, 9.17) is 0 Å². The molecule has 0 saturated carbocycles. The molecule has 1 N–H and O–H groups in total. The smallest absolute Gasteiger partial charge is 0.293 e. The lowest BCUT2D eigenvalue weighted by molar-refractivity contribution is -0.384. The summed E-state index contributed by atoms with van der Waals surface area (Å²) in [6.45, 7) is 1.58. The maximum atomic E-state index is 12.8. The predicted molar refractivity (Wildman–Crippen MR) is 117 cm³/mol. The number of hydrogen-bond acceptors (Lipinski definition) is 8. The van der Waals surface area contributed by atoms with Gasteiger partial charge in [0.2, 0.25) is 4.96 Å². The van der Waals surface area contributed by atoms with Crippen LogP contribution >= 0.6 is 11.3 Å². The molecular weight excluding hydrogens is 418 g/mol. The number of hydrogen-bond donors (Lipinski definition) is 1. The molecule has 1 aliphatic rings. The maximum Gasteiger partial charge on any atom is 0.293 e. The topological polar surface area (TPSA) is 119 Å². The van der Waals surface area contributed by atoms with E-state index in [2.05, 4.69) is 20.6 Å². The molecule has 0 spiro atoms. The Morgan fingerprint density at radius 2 is 2.00 bits per heavy atom. The van der Waals surface area contributed by atoms with Crippen molar-refractivity contribution in [3.8, 4) is 10.6 Å². The first-order chi connectivity index (χ1) is 15.1. The Labute approximate surface area is 180 Å². The first kappa shape index (κ1) is 19.1. The zero-order valence-corrected chi connectivity index (χ0v) is 17.1. The van der Waals surface area contributed by atoms with Crippen molar-refractivity contribution in [2.24, 2.45) is 0 Å². The van der Waals surface area contributed by atoms with E-state index in [9.17, 15) is 14.9 Å². The molecule has 0 radical (unpaired) electrons. The molecule has 4 aromatic rings. The lowest BCUT2D eigenvalue weighted by Crippen LogP contribution is -2.19. The van der Waals surface area contributed by atoms with Crippen LogP contribution in [-0.4, -0.2) is 43.7 Å². The number of nitrogens with one attached hydrogen (secondary N) is 1. The predicted octanol–water partition coefficient (Wildman–Crippen LogP) is 3.61. The monoisotopic (exact) mass is 435 g/mol. The van der Waals surface area contributed by atoms with E-state index >= 15 is 0 Å². The minimum atomic E-state index is -0.432. The van der Waals surface area contributed by atoms with E-state index < -0.39 is 10.8 Å². The van der Waals surface area contributed by atoms with Crippen molar-refractivity contribution in [3.05, 3.63) is 64.5 Å². The second-order valence-corrected chi connectivity index (χ2v) is 8.11. The van der Waals surface area contributed by atoms with E-state index in [0.717, 1.165) is 36.5 Å². The molecule has 5 rings (SSSR count). The number of carbonyl (C=O) groups excluding carboxylic acids is 1. The Balaban J connectivity index is 1.39. The standard InChI is InChI=1S/C20H17N7O3S/c28-18(13-6-7-16(17(11-13)27(29)30)25-8-1-2-9-25)22-15-5-3-4-14(10-15)19-24-26-12-21-23-20(26)31-19/h3-7,10-12H,1-2,8-9H2,(H,22,28). The zero-order valence-electron chi connectivity index (χ0n) is 16.3. The average Bonchev–Trinajstić information content (AvgIpc) is 3.51. The van der Waals surface area contributed by atoms with Crippen LogP contribution in [-0.2, 0) is 0 Å². The van der Waals surface area contributed by atoms with E-state index in [0.29, 0.717) is 16.3 Å². The number of aromatic nitrogens is 4. The summed E-state index contributed by atoms with van der Waals surface area (Å²) in [6.07, 6.45) is 3.55. The van der Waals surface area contributed by atoms with Gasteiger partial charge in [-0.3, -0.25) is 14.9 Å². The van der Waals surface area contributed by atoms with Gasteiger partial charge < -0.3 is 10.2 Å². The molecule has 0 bridgehead atoms. The normalized spacial score (nSPS) is 13.6. The molecule has 1 fully saturated rings. The van der Waals surface area contributed by atoms with Gasteiger partial charge in [0.15, 0.2) is 0 Å². The lowest BCUT2D eigenvalue weighted by atomic mass is 10.1. The number of nitro benzene ring substituents is 1. The Morgan fingerprint density at radius 3 is 2.77 bits per heavy atom. The summed E-state index contributed by atoms with van der Waals surface area (Å²) in [5, 5.41) is 27.3. The molecule has 11 heteroatoms. The van der Waals surface area contributed by atoms with Crippen molar-refractivity contribution < 1.29 is 9.72 Å². The average molecular weight is 435 g/mol. The molecule has 156 valence electrons. The summed E-state index contributed by atoms with van der Waals surface area (Å²) in [6, 6.07) is 11.9. The van der Waals surface area contributed by atoms with Crippen molar-refractivity contribution >= 4 is 39.3 Å². The van der Waals surface area contributed by atoms with E-state index in [1.54, 1.807) is 28.8 Å². The number of nitro groups is 1. The summed E-state index contributed by atoms with van der Waals surface area (Å²) in [4.78, 5) is 26.6. The van der Waals surface area contributed by atoms with E-state index in [1.165, 1.54) is 23.7 Å². The molecule has 1 aliphatic heterocycles. The van der Waals surface area contributed by atoms with Gasteiger partial charge in [-0.1, -0.05) is 23.5 Å². The van der Waals surface area contributed by atoms with E-state index in [1.807, 2.05) is 17.0 Å². The molecular formula is C20H17N7O3S. The molecule has 0 atom stereocenters. The van der Waals surface area contributed by atoms with Crippen LogP contribution < -0.4 is 10.2 Å². The summed E-state index contributed by atoms with van der Waals surface area (Å²) in [5.41, 5.74) is 2.13. The van der Waals surface area contributed by atoms with Gasteiger partial charge in [0.1, 0.15) is 17.0 Å². The minimum absolute atomic E-state index is 0.0527. The number of fused-ring (bicyclic) bond motifs is 1. The molecule has 2 aromatic heterocycles.